The quantitative estimate of drug-likeness (QED) is 0.286. The lowest BCUT2D eigenvalue weighted by atomic mass is 9.92. The smallest absolute Gasteiger partial charge is 0.0788 e. The van der Waals surface area contributed by atoms with Crippen molar-refractivity contribution in [3.63, 3.8) is 0 Å². The van der Waals surface area contributed by atoms with E-state index in [2.05, 4.69) is 128 Å². The van der Waals surface area contributed by atoms with Crippen LogP contribution in [0.4, 0.5) is 0 Å². The van der Waals surface area contributed by atoms with Crippen molar-refractivity contribution >= 4 is 0 Å². The van der Waals surface area contributed by atoms with Crippen molar-refractivity contribution in [2.45, 2.75) is 13.3 Å². The van der Waals surface area contributed by atoms with Crippen molar-refractivity contribution in [3.05, 3.63) is 138 Å². The van der Waals surface area contributed by atoms with Crippen molar-refractivity contribution in [1.29, 1.82) is 0 Å². The predicted molar refractivity (Wildman–Crippen MR) is 135 cm³/mol. The highest BCUT2D eigenvalue weighted by atomic mass is 14.7. The van der Waals surface area contributed by atoms with E-state index in [4.69, 9.17) is 4.98 Å². The molecule has 0 aliphatic rings. The van der Waals surface area contributed by atoms with Crippen LogP contribution in [0.25, 0.3) is 33.6 Å². The molecular weight excluding hydrogens is 386 g/mol. The van der Waals surface area contributed by atoms with E-state index in [1.54, 1.807) is 0 Å². The van der Waals surface area contributed by atoms with Gasteiger partial charge in [-0.2, -0.15) is 0 Å². The average molecular weight is 412 g/mol. The van der Waals surface area contributed by atoms with Gasteiger partial charge in [-0.25, -0.2) is 4.98 Å². The molecule has 0 spiro atoms. The van der Waals surface area contributed by atoms with Gasteiger partial charge in [0.25, 0.3) is 0 Å². The fourth-order valence-corrected chi connectivity index (χ4v) is 4.12. The maximum atomic E-state index is 5.32. The average Bonchev–Trinajstić information content (AvgIpc) is 2.86. The van der Waals surface area contributed by atoms with Gasteiger partial charge in [-0.1, -0.05) is 121 Å². The summed E-state index contributed by atoms with van der Waals surface area (Å²) in [6.07, 6.45) is 0.839. The maximum absolute atomic E-state index is 5.32. The molecule has 0 fully saturated rings. The number of rotatable bonds is 5. The Morgan fingerprint density at radius 1 is 0.531 bits per heavy atom. The fourth-order valence-electron chi connectivity index (χ4n) is 4.12. The topological polar surface area (TPSA) is 12.9 Å². The molecule has 32 heavy (non-hydrogen) atoms. The predicted octanol–water partition coefficient (Wildman–Crippen LogP) is 7.98. The molecule has 5 aromatic rings. The van der Waals surface area contributed by atoms with E-state index in [1.807, 2.05) is 0 Å². The van der Waals surface area contributed by atoms with E-state index in [0.717, 1.165) is 28.9 Å². The van der Waals surface area contributed by atoms with Gasteiger partial charge in [-0.05, 0) is 36.1 Å². The first-order valence-corrected chi connectivity index (χ1v) is 11.0. The highest BCUT2D eigenvalue weighted by Gasteiger charge is 2.16. The maximum Gasteiger partial charge on any atom is 0.0788 e. The number of nitrogens with zero attached hydrogens (tertiary/aromatic N) is 1. The summed E-state index contributed by atoms with van der Waals surface area (Å²) < 4.78 is 0. The van der Waals surface area contributed by atoms with Crippen LogP contribution in [0.1, 0.15) is 16.7 Å². The van der Waals surface area contributed by atoms with Crippen LogP contribution in [0, 0.1) is 6.92 Å². The Hall–Kier alpha value is -3.97. The second-order valence-electron chi connectivity index (χ2n) is 8.15. The molecule has 5 rings (SSSR count). The molecule has 0 unspecified atom stereocenters. The summed E-state index contributed by atoms with van der Waals surface area (Å²) >= 11 is 0. The molecule has 0 radical (unpaired) electrons. The zero-order valence-electron chi connectivity index (χ0n) is 18.2. The number of aryl methyl sites for hydroxylation is 1. The van der Waals surface area contributed by atoms with Gasteiger partial charge < -0.3 is 0 Å². The molecule has 1 nitrogen and oxygen atoms in total. The zero-order chi connectivity index (χ0) is 21.8. The SMILES string of the molecule is Cc1ccc(-c2nc(-c3ccccc3)c(-c3ccccc3)cc2Cc2ccccc2)cc1. The zero-order valence-corrected chi connectivity index (χ0v) is 18.2. The summed E-state index contributed by atoms with van der Waals surface area (Å²) in [5.41, 5.74) is 10.5. The van der Waals surface area contributed by atoms with E-state index in [1.165, 1.54) is 27.8 Å². The minimum absolute atomic E-state index is 0.839. The van der Waals surface area contributed by atoms with Crippen molar-refractivity contribution in [2.75, 3.05) is 0 Å². The third kappa shape index (κ3) is 4.24. The van der Waals surface area contributed by atoms with Crippen LogP contribution >= 0.6 is 0 Å². The van der Waals surface area contributed by atoms with Crippen LogP contribution in [-0.4, -0.2) is 4.98 Å². The largest absolute Gasteiger partial charge is 0.247 e. The molecule has 0 amide bonds. The molecule has 4 aromatic carbocycles. The normalized spacial score (nSPS) is 10.8. The second kappa shape index (κ2) is 9.03. The van der Waals surface area contributed by atoms with E-state index < -0.39 is 0 Å². The summed E-state index contributed by atoms with van der Waals surface area (Å²) in [6, 6.07) is 42.8. The van der Waals surface area contributed by atoms with Gasteiger partial charge in [-0.3, -0.25) is 0 Å². The first-order valence-electron chi connectivity index (χ1n) is 11.0. The Morgan fingerprint density at radius 3 is 1.69 bits per heavy atom. The van der Waals surface area contributed by atoms with Gasteiger partial charge in [-0.15, -0.1) is 0 Å². The Morgan fingerprint density at radius 2 is 1.06 bits per heavy atom. The van der Waals surface area contributed by atoms with E-state index in [-0.39, 0.29) is 0 Å². The van der Waals surface area contributed by atoms with Gasteiger partial charge >= 0.3 is 0 Å². The number of hydrogen-bond donors (Lipinski definition) is 0. The van der Waals surface area contributed by atoms with Crippen LogP contribution in [0.15, 0.2) is 121 Å². The van der Waals surface area contributed by atoms with Crippen LogP contribution in [0.3, 0.4) is 0 Å². The fraction of sp³-hybridized carbons (Fsp3) is 0.0645. The summed E-state index contributed by atoms with van der Waals surface area (Å²) in [5, 5.41) is 0. The molecule has 0 aliphatic heterocycles. The van der Waals surface area contributed by atoms with Gasteiger partial charge in [0.05, 0.1) is 11.4 Å². The van der Waals surface area contributed by atoms with Crippen molar-refractivity contribution in [2.24, 2.45) is 0 Å². The van der Waals surface area contributed by atoms with E-state index in [0.29, 0.717) is 0 Å². The van der Waals surface area contributed by atoms with Crippen molar-refractivity contribution < 1.29 is 0 Å². The molecule has 1 heteroatoms. The van der Waals surface area contributed by atoms with Gasteiger partial charge in [0, 0.05) is 16.7 Å². The number of aromatic nitrogens is 1. The molecule has 1 heterocycles. The van der Waals surface area contributed by atoms with E-state index in [9.17, 15) is 0 Å². The molecule has 0 aliphatic carbocycles. The van der Waals surface area contributed by atoms with Crippen LogP contribution in [0.5, 0.6) is 0 Å². The van der Waals surface area contributed by atoms with Crippen molar-refractivity contribution in [3.8, 4) is 33.6 Å². The van der Waals surface area contributed by atoms with Crippen molar-refractivity contribution in [1.82, 2.24) is 4.98 Å². The molecule has 0 saturated carbocycles. The first kappa shape index (κ1) is 20.0. The van der Waals surface area contributed by atoms with E-state index >= 15 is 0 Å². The highest BCUT2D eigenvalue weighted by Crippen LogP contribution is 2.36. The van der Waals surface area contributed by atoms with Gasteiger partial charge in [0.2, 0.25) is 0 Å². The Labute approximate surface area is 190 Å². The Balaban J connectivity index is 1.76. The van der Waals surface area contributed by atoms with Gasteiger partial charge in [0.15, 0.2) is 0 Å². The minimum atomic E-state index is 0.839. The number of benzene rings is 4. The molecule has 154 valence electrons. The summed E-state index contributed by atoms with van der Waals surface area (Å²) in [6.45, 7) is 2.12. The third-order valence-electron chi connectivity index (χ3n) is 5.80. The van der Waals surface area contributed by atoms with Crippen LogP contribution < -0.4 is 0 Å². The highest BCUT2D eigenvalue weighted by molar-refractivity contribution is 5.84. The third-order valence-corrected chi connectivity index (χ3v) is 5.80. The molecule has 0 atom stereocenters. The Kier molecular flexibility index (Phi) is 5.63. The lowest BCUT2D eigenvalue weighted by molar-refractivity contribution is 1.15. The van der Waals surface area contributed by atoms with Crippen LogP contribution in [0.2, 0.25) is 0 Å². The minimum Gasteiger partial charge on any atom is -0.247 e. The number of hydrogen-bond acceptors (Lipinski definition) is 1. The molecule has 0 N–H and O–H groups in total. The second-order valence-corrected chi connectivity index (χ2v) is 8.15. The molecular formula is C31H25N. The summed E-state index contributed by atoms with van der Waals surface area (Å²) in [5.74, 6) is 0. The summed E-state index contributed by atoms with van der Waals surface area (Å²) in [4.78, 5) is 5.32. The van der Waals surface area contributed by atoms with Crippen LogP contribution in [-0.2, 0) is 6.42 Å². The lowest BCUT2D eigenvalue weighted by Gasteiger charge is -2.17. The molecule has 1 aromatic heterocycles. The Bertz CT molecular complexity index is 1310. The standard InChI is InChI=1S/C31H25N/c1-23-17-19-27(20-18-23)30-28(21-24-11-5-2-6-12-24)22-29(25-13-7-3-8-14-25)31(32-30)26-15-9-4-10-16-26/h2-20,22H,21H2,1H3. The lowest BCUT2D eigenvalue weighted by Crippen LogP contribution is -2.00. The molecule has 0 bridgehead atoms. The van der Waals surface area contributed by atoms with Gasteiger partial charge in [0.1, 0.15) is 0 Å². The summed E-state index contributed by atoms with van der Waals surface area (Å²) in [7, 11) is 0. The first-order chi connectivity index (χ1) is 15.8. The monoisotopic (exact) mass is 411 g/mol. The molecule has 0 saturated heterocycles. The number of pyridine rings is 1.